The third kappa shape index (κ3) is 3.28. The van der Waals surface area contributed by atoms with Crippen LogP contribution in [0.3, 0.4) is 0 Å². The Labute approximate surface area is 105 Å². The van der Waals surface area contributed by atoms with Crippen molar-refractivity contribution in [2.24, 2.45) is 11.7 Å². The van der Waals surface area contributed by atoms with Crippen molar-refractivity contribution in [3.05, 3.63) is 22.4 Å². The van der Waals surface area contributed by atoms with Crippen LogP contribution in [0.5, 0.6) is 0 Å². The summed E-state index contributed by atoms with van der Waals surface area (Å²) in [5.41, 5.74) is 6.83. The molecule has 1 aromatic heterocycles. The molecule has 1 amide bonds. The first-order valence-corrected chi connectivity index (χ1v) is 6.83. The van der Waals surface area contributed by atoms with Crippen molar-refractivity contribution in [2.75, 3.05) is 0 Å². The van der Waals surface area contributed by atoms with Gasteiger partial charge in [0.05, 0.1) is 6.10 Å². The van der Waals surface area contributed by atoms with Gasteiger partial charge in [-0.25, -0.2) is 0 Å². The van der Waals surface area contributed by atoms with E-state index in [9.17, 15) is 9.90 Å². The van der Waals surface area contributed by atoms with Gasteiger partial charge in [0, 0.05) is 18.5 Å². The summed E-state index contributed by atoms with van der Waals surface area (Å²) >= 11 is 1.62. The molecule has 5 heteroatoms. The fraction of sp³-hybridized carbons (Fsp3) is 0.583. The highest BCUT2D eigenvalue weighted by molar-refractivity contribution is 7.07. The quantitative estimate of drug-likeness (QED) is 0.748. The topological polar surface area (TPSA) is 75.4 Å². The van der Waals surface area contributed by atoms with E-state index < -0.39 is 6.10 Å². The Kier molecular flexibility index (Phi) is 4.15. The summed E-state index contributed by atoms with van der Waals surface area (Å²) in [6.45, 7) is 0.570. The van der Waals surface area contributed by atoms with Gasteiger partial charge in [-0.15, -0.1) is 0 Å². The fourth-order valence-corrected chi connectivity index (χ4v) is 2.80. The average Bonchev–Trinajstić information content (AvgIpc) is 2.82. The minimum absolute atomic E-state index is 0.0298. The van der Waals surface area contributed by atoms with Gasteiger partial charge in [0.15, 0.2) is 0 Å². The summed E-state index contributed by atoms with van der Waals surface area (Å²) in [5.74, 6) is -0.0643. The van der Waals surface area contributed by atoms with Crippen LogP contribution in [0.4, 0.5) is 0 Å². The smallest absolute Gasteiger partial charge is 0.223 e. The van der Waals surface area contributed by atoms with Gasteiger partial charge in [-0.3, -0.25) is 4.79 Å². The van der Waals surface area contributed by atoms with E-state index in [0.29, 0.717) is 13.0 Å². The summed E-state index contributed by atoms with van der Waals surface area (Å²) < 4.78 is 0. The molecule has 4 N–H and O–H groups in total. The van der Waals surface area contributed by atoms with E-state index in [-0.39, 0.29) is 17.9 Å². The monoisotopic (exact) mass is 254 g/mol. The van der Waals surface area contributed by atoms with Gasteiger partial charge in [0.2, 0.25) is 5.91 Å². The van der Waals surface area contributed by atoms with Crippen molar-refractivity contribution in [1.82, 2.24) is 5.32 Å². The first-order valence-electron chi connectivity index (χ1n) is 5.89. The molecule has 1 heterocycles. The normalized spacial score (nSPS) is 28.9. The van der Waals surface area contributed by atoms with Crippen LogP contribution in [0.2, 0.25) is 0 Å². The number of carbonyl (C=O) groups excluding carboxylic acids is 1. The maximum atomic E-state index is 11.9. The van der Waals surface area contributed by atoms with E-state index >= 15 is 0 Å². The number of nitrogens with one attached hydrogen (secondary N) is 1. The highest BCUT2D eigenvalue weighted by atomic mass is 32.1. The summed E-state index contributed by atoms with van der Waals surface area (Å²) in [7, 11) is 0. The Balaban J connectivity index is 1.80. The molecule has 0 spiro atoms. The molecule has 17 heavy (non-hydrogen) atoms. The molecule has 0 aromatic carbocycles. The zero-order valence-electron chi connectivity index (χ0n) is 9.63. The lowest BCUT2D eigenvalue weighted by Crippen LogP contribution is -2.44. The van der Waals surface area contributed by atoms with E-state index in [1.165, 1.54) is 0 Å². The van der Waals surface area contributed by atoms with Crippen molar-refractivity contribution in [3.63, 3.8) is 0 Å². The van der Waals surface area contributed by atoms with E-state index in [1.807, 2.05) is 16.8 Å². The van der Waals surface area contributed by atoms with Crippen LogP contribution in [0.25, 0.3) is 0 Å². The van der Waals surface area contributed by atoms with Crippen LogP contribution in [0, 0.1) is 5.92 Å². The van der Waals surface area contributed by atoms with Gasteiger partial charge >= 0.3 is 0 Å². The van der Waals surface area contributed by atoms with E-state index in [0.717, 1.165) is 18.4 Å². The molecule has 1 aromatic rings. The lowest BCUT2D eigenvalue weighted by atomic mass is 9.84. The van der Waals surface area contributed by atoms with Crippen LogP contribution < -0.4 is 11.1 Å². The molecule has 1 aliphatic rings. The number of hydrogen-bond acceptors (Lipinski definition) is 4. The summed E-state index contributed by atoms with van der Waals surface area (Å²) in [6, 6.07) is 1.83. The van der Waals surface area contributed by atoms with Crippen molar-refractivity contribution in [2.45, 2.75) is 38.0 Å². The Morgan fingerprint density at radius 3 is 3.06 bits per heavy atom. The van der Waals surface area contributed by atoms with Crippen molar-refractivity contribution < 1.29 is 9.90 Å². The summed E-state index contributed by atoms with van der Waals surface area (Å²) in [6.07, 6.45) is 1.43. The molecule has 1 saturated carbocycles. The van der Waals surface area contributed by atoms with Gasteiger partial charge in [0.25, 0.3) is 0 Å². The van der Waals surface area contributed by atoms with E-state index in [4.69, 9.17) is 5.73 Å². The molecular weight excluding hydrogens is 236 g/mol. The van der Waals surface area contributed by atoms with Crippen LogP contribution in [0.1, 0.15) is 24.8 Å². The molecule has 2 rings (SSSR count). The third-order valence-corrected chi connectivity index (χ3v) is 4.02. The van der Waals surface area contributed by atoms with Crippen LogP contribution in [-0.2, 0) is 11.3 Å². The molecular formula is C12H18N2O2S. The molecule has 3 atom stereocenters. The number of nitrogens with two attached hydrogens (primary N) is 1. The first-order chi connectivity index (χ1) is 8.16. The predicted molar refractivity (Wildman–Crippen MR) is 67.5 cm³/mol. The number of aliphatic hydroxyl groups excluding tert-OH is 1. The second kappa shape index (κ2) is 5.62. The Hall–Kier alpha value is -0.910. The number of amides is 1. The maximum absolute atomic E-state index is 11.9. The molecule has 0 unspecified atom stereocenters. The van der Waals surface area contributed by atoms with Gasteiger partial charge in [0.1, 0.15) is 0 Å². The average molecular weight is 254 g/mol. The van der Waals surface area contributed by atoms with Gasteiger partial charge in [-0.2, -0.15) is 11.3 Å². The third-order valence-electron chi connectivity index (χ3n) is 3.29. The molecule has 0 radical (unpaired) electrons. The number of rotatable bonds is 3. The molecule has 0 bridgehead atoms. The van der Waals surface area contributed by atoms with Crippen molar-refractivity contribution in [1.29, 1.82) is 0 Å². The first kappa shape index (κ1) is 12.5. The van der Waals surface area contributed by atoms with Crippen molar-refractivity contribution >= 4 is 17.2 Å². The van der Waals surface area contributed by atoms with E-state index in [2.05, 4.69) is 5.32 Å². The van der Waals surface area contributed by atoms with E-state index in [1.54, 1.807) is 11.3 Å². The molecule has 1 aliphatic carbocycles. The Morgan fingerprint density at radius 2 is 2.41 bits per heavy atom. The number of carbonyl (C=O) groups is 1. The highest BCUT2D eigenvalue weighted by Gasteiger charge is 2.30. The Bertz CT molecular complexity index is 367. The molecule has 94 valence electrons. The summed E-state index contributed by atoms with van der Waals surface area (Å²) in [5, 5.41) is 16.6. The molecule has 1 fully saturated rings. The summed E-state index contributed by atoms with van der Waals surface area (Å²) in [4.78, 5) is 11.9. The number of aliphatic hydroxyl groups is 1. The molecule has 0 saturated heterocycles. The van der Waals surface area contributed by atoms with Gasteiger partial charge < -0.3 is 16.2 Å². The number of hydrogen-bond donors (Lipinski definition) is 3. The largest absolute Gasteiger partial charge is 0.391 e. The van der Waals surface area contributed by atoms with Gasteiger partial charge in [-0.05, 0) is 41.7 Å². The van der Waals surface area contributed by atoms with Crippen LogP contribution in [-0.4, -0.2) is 23.2 Å². The predicted octanol–water partition coefficient (Wildman–Crippen LogP) is 0.853. The second-order valence-electron chi connectivity index (χ2n) is 4.59. The Morgan fingerprint density at radius 1 is 1.59 bits per heavy atom. The highest BCUT2D eigenvalue weighted by Crippen LogP contribution is 2.23. The minimum atomic E-state index is -0.541. The fourth-order valence-electron chi connectivity index (χ4n) is 2.14. The standard InChI is InChI=1S/C12H18N2O2S/c13-10-2-1-9(5-11(10)15)12(16)14-6-8-3-4-17-7-8/h3-4,7,9-11,15H,1-2,5-6,13H2,(H,14,16)/t9-,10-,11-/m0/s1. The second-order valence-corrected chi connectivity index (χ2v) is 5.37. The minimum Gasteiger partial charge on any atom is -0.391 e. The molecule has 4 nitrogen and oxygen atoms in total. The number of thiophene rings is 1. The lowest BCUT2D eigenvalue weighted by molar-refractivity contribution is -0.127. The zero-order chi connectivity index (χ0) is 12.3. The maximum Gasteiger partial charge on any atom is 0.223 e. The SMILES string of the molecule is N[C@H]1CC[C@H](C(=O)NCc2ccsc2)C[C@@H]1O. The van der Waals surface area contributed by atoms with Crippen LogP contribution in [0.15, 0.2) is 16.8 Å². The molecule has 0 aliphatic heterocycles. The zero-order valence-corrected chi connectivity index (χ0v) is 10.5. The lowest BCUT2D eigenvalue weighted by Gasteiger charge is -2.29. The van der Waals surface area contributed by atoms with Crippen LogP contribution >= 0.6 is 11.3 Å². The van der Waals surface area contributed by atoms with Gasteiger partial charge in [-0.1, -0.05) is 0 Å². The van der Waals surface area contributed by atoms with Crippen molar-refractivity contribution in [3.8, 4) is 0 Å².